The van der Waals surface area contributed by atoms with Crippen molar-refractivity contribution in [2.75, 3.05) is 11.9 Å². The van der Waals surface area contributed by atoms with Crippen LogP contribution in [-0.2, 0) is 0 Å². The van der Waals surface area contributed by atoms with Gasteiger partial charge >= 0.3 is 0 Å². The van der Waals surface area contributed by atoms with Crippen LogP contribution < -0.4 is 5.32 Å². The molecule has 1 N–H and O–H groups in total. The SMILES string of the molecule is Brc1c(C2CC3CCC2C3)nn2c1NCCC2C1CC1. The van der Waals surface area contributed by atoms with E-state index in [4.69, 9.17) is 5.10 Å². The van der Waals surface area contributed by atoms with Crippen LogP contribution in [0.3, 0.4) is 0 Å². The van der Waals surface area contributed by atoms with Crippen LogP contribution in [0.2, 0.25) is 0 Å². The fourth-order valence-electron chi connectivity index (χ4n) is 5.02. The van der Waals surface area contributed by atoms with Gasteiger partial charge in [0.2, 0.25) is 0 Å². The Kier molecular flexibility index (Phi) is 2.56. The quantitative estimate of drug-likeness (QED) is 0.872. The van der Waals surface area contributed by atoms with E-state index in [1.165, 1.54) is 60.9 Å². The Bertz CT molecular complexity index is 548. The maximum Gasteiger partial charge on any atom is 0.139 e. The van der Waals surface area contributed by atoms with Crippen molar-refractivity contribution in [3.05, 3.63) is 10.2 Å². The zero-order chi connectivity index (χ0) is 13.3. The lowest BCUT2D eigenvalue weighted by molar-refractivity contribution is 0.362. The van der Waals surface area contributed by atoms with Crippen molar-refractivity contribution < 1.29 is 0 Å². The number of hydrogen-bond donors (Lipinski definition) is 1. The molecule has 0 amide bonds. The molecule has 1 aromatic heterocycles. The molecule has 2 bridgehead atoms. The average Bonchev–Trinajstić information content (AvgIpc) is 2.95. The summed E-state index contributed by atoms with van der Waals surface area (Å²) in [5.74, 6) is 4.79. The van der Waals surface area contributed by atoms with Crippen molar-refractivity contribution in [3.63, 3.8) is 0 Å². The number of hydrogen-bond acceptors (Lipinski definition) is 2. The molecule has 4 aliphatic rings. The van der Waals surface area contributed by atoms with E-state index in [-0.39, 0.29) is 0 Å². The Balaban J connectivity index is 1.54. The summed E-state index contributed by atoms with van der Waals surface area (Å²) in [5.41, 5.74) is 1.37. The van der Waals surface area contributed by atoms with E-state index in [0.717, 1.165) is 30.2 Å². The van der Waals surface area contributed by atoms with Crippen molar-refractivity contribution in [2.24, 2.45) is 17.8 Å². The highest BCUT2D eigenvalue weighted by atomic mass is 79.9. The highest BCUT2D eigenvalue weighted by Gasteiger charge is 2.44. The molecule has 0 spiro atoms. The van der Waals surface area contributed by atoms with Crippen LogP contribution in [0.4, 0.5) is 5.82 Å². The Morgan fingerprint density at radius 2 is 1.90 bits per heavy atom. The van der Waals surface area contributed by atoms with Crippen LogP contribution in [0, 0.1) is 17.8 Å². The van der Waals surface area contributed by atoms with Crippen molar-refractivity contribution in [2.45, 2.75) is 56.9 Å². The lowest BCUT2D eigenvalue weighted by Gasteiger charge is -2.25. The minimum absolute atomic E-state index is 0.662. The topological polar surface area (TPSA) is 29.9 Å². The van der Waals surface area contributed by atoms with Crippen LogP contribution in [0.5, 0.6) is 0 Å². The summed E-state index contributed by atoms with van der Waals surface area (Å²) in [6.45, 7) is 1.11. The Morgan fingerprint density at radius 1 is 1.05 bits per heavy atom. The maximum absolute atomic E-state index is 5.10. The molecule has 20 heavy (non-hydrogen) atoms. The van der Waals surface area contributed by atoms with Gasteiger partial charge in [-0.25, -0.2) is 4.68 Å². The predicted octanol–water partition coefficient (Wildman–Crippen LogP) is 4.32. The highest BCUT2D eigenvalue weighted by Crippen LogP contribution is 2.55. The van der Waals surface area contributed by atoms with Crippen molar-refractivity contribution in [1.29, 1.82) is 0 Å². The van der Waals surface area contributed by atoms with Crippen molar-refractivity contribution in [1.82, 2.24) is 9.78 Å². The molecule has 3 nitrogen and oxygen atoms in total. The minimum atomic E-state index is 0.662. The molecule has 1 aromatic rings. The molecule has 2 heterocycles. The average molecular weight is 336 g/mol. The van der Waals surface area contributed by atoms with Gasteiger partial charge in [0.25, 0.3) is 0 Å². The zero-order valence-corrected chi connectivity index (χ0v) is 13.4. The van der Waals surface area contributed by atoms with E-state index in [2.05, 4.69) is 25.9 Å². The van der Waals surface area contributed by atoms with Crippen LogP contribution in [0.25, 0.3) is 0 Å². The number of rotatable bonds is 2. The van der Waals surface area contributed by atoms with Gasteiger partial charge in [0.15, 0.2) is 0 Å². The van der Waals surface area contributed by atoms with E-state index in [1.54, 1.807) is 0 Å². The molecule has 3 fully saturated rings. The Morgan fingerprint density at radius 3 is 2.60 bits per heavy atom. The molecule has 3 saturated carbocycles. The Hall–Kier alpha value is -0.510. The maximum atomic E-state index is 5.10. The molecule has 0 radical (unpaired) electrons. The third-order valence-electron chi connectivity index (χ3n) is 6.18. The van der Waals surface area contributed by atoms with E-state index >= 15 is 0 Å². The number of fused-ring (bicyclic) bond motifs is 3. The van der Waals surface area contributed by atoms with Crippen molar-refractivity contribution in [3.8, 4) is 0 Å². The summed E-state index contributed by atoms with van der Waals surface area (Å²) in [6.07, 6.45) is 9.81. The first kappa shape index (κ1) is 12.1. The molecule has 1 aliphatic heterocycles. The number of nitrogens with one attached hydrogen (secondary N) is 1. The minimum Gasteiger partial charge on any atom is -0.369 e. The molecular weight excluding hydrogens is 314 g/mol. The summed E-state index contributed by atoms with van der Waals surface area (Å²) < 4.78 is 3.62. The van der Waals surface area contributed by atoms with Crippen LogP contribution in [-0.4, -0.2) is 16.3 Å². The Labute approximate surface area is 128 Å². The fraction of sp³-hybridized carbons (Fsp3) is 0.812. The fourth-order valence-corrected chi connectivity index (χ4v) is 5.72. The summed E-state index contributed by atoms with van der Waals surface area (Å²) in [7, 11) is 0. The number of anilines is 1. The lowest BCUT2D eigenvalue weighted by atomic mass is 9.86. The standard InChI is InChI=1S/C16H22BrN3/c17-14-15(12-8-9-1-2-11(12)7-9)19-20-13(10-3-4-10)5-6-18-16(14)20/h9-13,18H,1-8H2. The highest BCUT2D eigenvalue weighted by molar-refractivity contribution is 9.10. The van der Waals surface area contributed by atoms with Crippen LogP contribution in [0.1, 0.15) is 62.6 Å². The third-order valence-corrected chi connectivity index (χ3v) is 6.96. The van der Waals surface area contributed by atoms with Gasteiger partial charge in [0.1, 0.15) is 5.82 Å². The van der Waals surface area contributed by atoms with Gasteiger partial charge in [-0.1, -0.05) is 6.42 Å². The largest absolute Gasteiger partial charge is 0.369 e. The van der Waals surface area contributed by atoms with Gasteiger partial charge < -0.3 is 5.32 Å². The second kappa shape index (κ2) is 4.25. The lowest BCUT2D eigenvalue weighted by Crippen LogP contribution is -2.25. The smallest absolute Gasteiger partial charge is 0.139 e. The zero-order valence-electron chi connectivity index (χ0n) is 11.8. The van der Waals surface area contributed by atoms with Gasteiger partial charge in [-0.2, -0.15) is 5.10 Å². The molecule has 4 heteroatoms. The summed E-state index contributed by atoms with van der Waals surface area (Å²) in [6, 6.07) is 0.662. The van der Waals surface area contributed by atoms with Gasteiger partial charge in [-0.05, 0) is 72.2 Å². The molecule has 5 rings (SSSR count). The molecule has 0 saturated heterocycles. The van der Waals surface area contributed by atoms with E-state index in [0.29, 0.717) is 6.04 Å². The molecule has 4 atom stereocenters. The number of nitrogens with zero attached hydrogens (tertiary/aromatic N) is 2. The number of aromatic nitrogens is 2. The third kappa shape index (κ3) is 1.66. The normalized spacial score (nSPS) is 38.9. The first-order valence-electron chi connectivity index (χ1n) is 8.33. The van der Waals surface area contributed by atoms with Crippen molar-refractivity contribution >= 4 is 21.7 Å². The van der Waals surface area contributed by atoms with E-state index in [1.807, 2.05) is 0 Å². The molecular formula is C16H22BrN3. The van der Waals surface area contributed by atoms with E-state index < -0.39 is 0 Å². The monoisotopic (exact) mass is 335 g/mol. The summed E-state index contributed by atoms with van der Waals surface area (Å²) in [4.78, 5) is 0. The molecule has 0 aromatic carbocycles. The molecule has 3 aliphatic carbocycles. The van der Waals surface area contributed by atoms with E-state index in [9.17, 15) is 0 Å². The first-order chi connectivity index (χ1) is 9.81. The second-order valence-corrected chi connectivity index (χ2v) is 8.19. The molecule has 4 unspecified atom stereocenters. The van der Waals surface area contributed by atoms with Crippen LogP contribution >= 0.6 is 15.9 Å². The van der Waals surface area contributed by atoms with Gasteiger partial charge in [-0.3, -0.25) is 0 Å². The second-order valence-electron chi connectivity index (χ2n) is 7.39. The van der Waals surface area contributed by atoms with Gasteiger partial charge in [0.05, 0.1) is 16.2 Å². The van der Waals surface area contributed by atoms with Gasteiger partial charge in [0, 0.05) is 12.5 Å². The first-order valence-corrected chi connectivity index (χ1v) is 9.12. The van der Waals surface area contributed by atoms with Crippen LogP contribution in [0.15, 0.2) is 4.47 Å². The van der Waals surface area contributed by atoms with Gasteiger partial charge in [-0.15, -0.1) is 0 Å². The molecule has 108 valence electrons. The number of halogens is 1. The predicted molar refractivity (Wildman–Crippen MR) is 83.0 cm³/mol. The summed E-state index contributed by atoms with van der Waals surface area (Å²) in [5, 5.41) is 8.69. The summed E-state index contributed by atoms with van der Waals surface area (Å²) >= 11 is 3.87.